The molecule has 1 aliphatic rings. The number of H-pyrrole nitrogens is 1. The molecule has 0 radical (unpaired) electrons. The average Bonchev–Trinajstić information content (AvgIpc) is 3.02. The number of nitrogens with zero attached hydrogens (tertiary/aromatic N) is 1. The Bertz CT molecular complexity index is 1130. The first-order valence-electron chi connectivity index (χ1n) is 13.9. The summed E-state index contributed by atoms with van der Waals surface area (Å²) in [6.45, 7) is 33.4. The number of ether oxygens (including phenoxy) is 1. The maximum Gasteiger partial charge on any atom is 0.330 e. The second-order valence-corrected chi connectivity index (χ2v) is 30.6. The molecule has 0 spiro atoms. The Labute approximate surface area is 247 Å². The minimum atomic E-state index is -2.34. The van der Waals surface area contributed by atoms with Crippen LogP contribution in [0.25, 0.3) is 0 Å². The molecule has 1 aromatic rings. The van der Waals surface area contributed by atoms with Crippen LogP contribution in [0.4, 0.5) is 0 Å². The van der Waals surface area contributed by atoms with Crippen LogP contribution < -0.4 is 11.2 Å². The summed E-state index contributed by atoms with van der Waals surface area (Å²) in [4.78, 5) is 27.7. The molecule has 0 bridgehead atoms. The number of aromatic amines is 1. The van der Waals surface area contributed by atoms with Gasteiger partial charge in [-0.25, -0.2) is 4.79 Å². The summed E-state index contributed by atoms with van der Waals surface area (Å²) < 4.78 is 29.2. The highest BCUT2D eigenvalue weighted by atomic mass is 79.9. The van der Waals surface area contributed by atoms with E-state index in [2.05, 4.69) is 123 Å². The van der Waals surface area contributed by atoms with E-state index in [9.17, 15) is 9.59 Å². The van der Waals surface area contributed by atoms with Gasteiger partial charge in [0, 0.05) is 6.20 Å². The van der Waals surface area contributed by atoms with Gasteiger partial charge in [0.05, 0.1) is 11.1 Å². The molecule has 12 heteroatoms. The van der Waals surface area contributed by atoms with Crippen LogP contribution in [0.3, 0.4) is 0 Å². The lowest BCUT2D eigenvalue weighted by molar-refractivity contribution is -0.0511. The highest BCUT2D eigenvalue weighted by molar-refractivity contribution is 9.10. The maximum atomic E-state index is 13.1. The summed E-state index contributed by atoms with van der Waals surface area (Å²) >= 11 is 3.29. The first-order valence-corrected chi connectivity index (χ1v) is 23.4. The Balaban J connectivity index is 2.70. The summed E-state index contributed by atoms with van der Waals surface area (Å²) in [6, 6.07) is 0. The zero-order chi connectivity index (χ0) is 30.6. The van der Waals surface area contributed by atoms with Gasteiger partial charge in [0.1, 0.15) is 18.3 Å². The monoisotopic (exact) mass is 664 g/mol. The fourth-order valence-electron chi connectivity index (χ4n) is 3.52. The van der Waals surface area contributed by atoms with Gasteiger partial charge >= 0.3 is 5.69 Å². The Morgan fingerprint density at radius 2 is 1.26 bits per heavy atom. The quantitative estimate of drug-likeness (QED) is 0.301. The van der Waals surface area contributed by atoms with Crippen LogP contribution in [0.2, 0.25) is 54.4 Å². The fraction of sp³-hybridized carbons (Fsp3) is 0.852. The van der Waals surface area contributed by atoms with E-state index in [1.54, 1.807) is 0 Å². The van der Waals surface area contributed by atoms with Crippen molar-refractivity contribution in [3.63, 3.8) is 0 Å². The largest absolute Gasteiger partial charge is 0.414 e. The first-order chi connectivity index (χ1) is 17.2. The molecule has 2 unspecified atom stereocenters. The summed E-state index contributed by atoms with van der Waals surface area (Å²) in [5, 5.41) is -0.0980. The molecule has 39 heavy (non-hydrogen) atoms. The van der Waals surface area contributed by atoms with Gasteiger partial charge in [-0.15, -0.1) is 0 Å². The van der Waals surface area contributed by atoms with Crippen molar-refractivity contribution < 1.29 is 18.0 Å². The molecule has 1 aliphatic heterocycles. The topological polar surface area (TPSA) is 91.8 Å². The second-order valence-electron chi connectivity index (χ2n) is 15.5. The van der Waals surface area contributed by atoms with Gasteiger partial charge in [-0.1, -0.05) is 62.3 Å². The number of halogens is 1. The van der Waals surface area contributed by atoms with Crippen LogP contribution in [0, 0.1) is 0 Å². The molecule has 0 aliphatic carbocycles. The van der Waals surface area contributed by atoms with Gasteiger partial charge in [-0.3, -0.25) is 14.3 Å². The Kier molecular flexibility index (Phi) is 10.2. The molecule has 226 valence electrons. The molecule has 1 N–H and O–H groups in total. The van der Waals surface area contributed by atoms with Gasteiger partial charge in [0.2, 0.25) is 0 Å². The molecule has 1 fully saturated rings. The maximum absolute atomic E-state index is 13.1. The Morgan fingerprint density at radius 1 is 0.821 bits per heavy atom. The van der Waals surface area contributed by atoms with Crippen molar-refractivity contribution >= 4 is 40.9 Å². The van der Waals surface area contributed by atoms with Crippen molar-refractivity contribution in [3.05, 3.63) is 31.5 Å². The van der Waals surface area contributed by atoms with Crippen molar-refractivity contribution in [3.8, 4) is 0 Å². The summed E-state index contributed by atoms with van der Waals surface area (Å²) in [6.07, 6.45) is -0.766. The van der Waals surface area contributed by atoms with Crippen LogP contribution in [0.5, 0.6) is 0 Å². The molecule has 1 aromatic heterocycles. The third-order valence-electron chi connectivity index (χ3n) is 9.37. The smallest absolute Gasteiger partial charge is 0.330 e. The van der Waals surface area contributed by atoms with Crippen molar-refractivity contribution in [2.75, 3.05) is 6.61 Å². The normalized spacial score (nSPS) is 23.9. The van der Waals surface area contributed by atoms with E-state index in [0.29, 0.717) is 6.61 Å². The van der Waals surface area contributed by atoms with Crippen LogP contribution in [0.15, 0.2) is 20.3 Å². The lowest BCUT2D eigenvalue weighted by Gasteiger charge is -2.44. The standard InChI is InChI=1S/C27H53BrN2O6Si3/c1-25(2,3)37(10,11)33-17-19-20(35-38(12,13)26(4,5)6)21(36-39(14,15)27(7,8)9)23(34-19)30-16-18(28)22(31)29-24(30)32/h16,19-21,23H,17H2,1-15H3,(H,29,31,32)/t19-,20?,21?,23-/m1/s1. The number of hydrogen-bond acceptors (Lipinski definition) is 6. The number of hydrogen-bond donors (Lipinski definition) is 1. The molecule has 2 heterocycles. The Morgan fingerprint density at radius 3 is 1.69 bits per heavy atom. The van der Waals surface area contributed by atoms with Gasteiger partial charge in [-0.2, -0.15) is 0 Å². The van der Waals surface area contributed by atoms with E-state index in [1.165, 1.54) is 10.8 Å². The van der Waals surface area contributed by atoms with Crippen molar-refractivity contribution in [2.45, 2.75) is 141 Å². The molecule has 1 saturated heterocycles. The van der Waals surface area contributed by atoms with Crippen LogP contribution >= 0.6 is 15.9 Å². The molecule has 0 saturated carbocycles. The van der Waals surface area contributed by atoms with E-state index < -0.39 is 60.7 Å². The average molecular weight is 666 g/mol. The fourth-order valence-corrected chi connectivity index (χ4v) is 7.46. The molecule has 0 aromatic carbocycles. The molecule has 8 nitrogen and oxygen atoms in total. The third kappa shape index (κ3) is 7.74. The summed E-state index contributed by atoms with van der Waals surface area (Å²) in [5.41, 5.74) is -1.03. The predicted molar refractivity (Wildman–Crippen MR) is 170 cm³/mol. The van der Waals surface area contributed by atoms with Crippen molar-refractivity contribution in [1.82, 2.24) is 9.55 Å². The number of rotatable bonds is 8. The van der Waals surface area contributed by atoms with Crippen LogP contribution in [-0.2, 0) is 18.0 Å². The number of aromatic nitrogens is 2. The van der Waals surface area contributed by atoms with Gasteiger partial charge < -0.3 is 18.0 Å². The highest BCUT2D eigenvalue weighted by Crippen LogP contribution is 2.46. The summed E-state index contributed by atoms with van der Waals surface area (Å²) in [7, 11) is -6.74. The molecule has 4 atom stereocenters. The van der Waals surface area contributed by atoms with Crippen LogP contribution in [-0.4, -0.2) is 59.4 Å². The van der Waals surface area contributed by atoms with E-state index in [1.807, 2.05) is 0 Å². The third-order valence-corrected chi connectivity index (χ3v) is 23.4. The molecular weight excluding hydrogens is 612 g/mol. The molecule has 0 amide bonds. The molecular formula is C27H53BrN2O6Si3. The Hall–Kier alpha value is -0.349. The minimum absolute atomic E-state index is 0.0263. The minimum Gasteiger partial charge on any atom is -0.414 e. The van der Waals surface area contributed by atoms with E-state index in [-0.39, 0.29) is 19.6 Å². The lowest BCUT2D eigenvalue weighted by Crippen LogP contribution is -2.55. The highest BCUT2D eigenvalue weighted by Gasteiger charge is 2.55. The zero-order valence-electron chi connectivity index (χ0n) is 26.9. The lowest BCUT2D eigenvalue weighted by atomic mass is 10.1. The van der Waals surface area contributed by atoms with Crippen molar-refractivity contribution in [2.24, 2.45) is 0 Å². The zero-order valence-corrected chi connectivity index (χ0v) is 31.5. The van der Waals surface area contributed by atoms with Gasteiger partial charge in [0.15, 0.2) is 31.2 Å². The van der Waals surface area contributed by atoms with Gasteiger partial charge in [-0.05, 0) is 70.3 Å². The second kappa shape index (κ2) is 11.4. The SMILES string of the molecule is CC(C)(C)[Si](C)(C)OC[C@H]1O[C@@H](n2cc(Br)c(=O)[nH]c2=O)C(O[Si](C)(C)C(C)(C)C)C1O[Si](C)(C)C(C)(C)C. The van der Waals surface area contributed by atoms with E-state index >= 15 is 0 Å². The van der Waals surface area contributed by atoms with E-state index in [0.717, 1.165) is 0 Å². The summed E-state index contributed by atoms with van der Waals surface area (Å²) in [5.74, 6) is 0. The molecule has 2 rings (SSSR count). The number of nitrogens with one attached hydrogen (secondary N) is 1. The van der Waals surface area contributed by atoms with Crippen molar-refractivity contribution in [1.29, 1.82) is 0 Å². The predicted octanol–water partition coefficient (Wildman–Crippen LogP) is 7.00. The van der Waals surface area contributed by atoms with E-state index in [4.69, 9.17) is 18.0 Å². The van der Waals surface area contributed by atoms with Crippen LogP contribution in [0.1, 0.15) is 68.5 Å². The first kappa shape index (κ1) is 34.8. The van der Waals surface area contributed by atoms with Gasteiger partial charge in [0.25, 0.3) is 5.56 Å².